The summed E-state index contributed by atoms with van der Waals surface area (Å²) in [6, 6.07) is 9.97. The van der Waals surface area contributed by atoms with Gasteiger partial charge in [0.15, 0.2) is 0 Å². The van der Waals surface area contributed by atoms with Crippen LogP contribution >= 0.6 is 0 Å². The maximum atomic E-state index is 11.9. The summed E-state index contributed by atoms with van der Waals surface area (Å²) < 4.78 is 5.53. The Morgan fingerprint density at radius 3 is 3.05 bits per heavy atom. The molecular weight excluding hydrogens is 280 g/mol. The van der Waals surface area contributed by atoms with Crippen LogP contribution in [-0.4, -0.2) is 42.4 Å². The normalized spacial score (nSPS) is 27.8. The van der Waals surface area contributed by atoms with Crippen molar-refractivity contribution in [3.63, 3.8) is 0 Å². The summed E-state index contributed by atoms with van der Waals surface area (Å²) in [5.74, 6) is -0.646. The van der Waals surface area contributed by atoms with Crippen molar-refractivity contribution in [2.75, 3.05) is 31.2 Å². The Morgan fingerprint density at radius 2 is 2.23 bits per heavy atom. The summed E-state index contributed by atoms with van der Waals surface area (Å²) in [5, 5.41) is 10.9. The number of rotatable bonds is 2. The maximum absolute atomic E-state index is 11.9. The molecule has 0 spiro atoms. The van der Waals surface area contributed by atoms with Gasteiger partial charge in [0, 0.05) is 42.9 Å². The van der Waals surface area contributed by atoms with Gasteiger partial charge in [0.25, 0.3) is 0 Å². The van der Waals surface area contributed by atoms with E-state index in [4.69, 9.17) is 4.74 Å². The number of hydrogen-bond donors (Lipinski definition) is 1. The van der Waals surface area contributed by atoms with Crippen molar-refractivity contribution < 1.29 is 14.6 Å². The quantitative estimate of drug-likeness (QED) is 0.920. The van der Waals surface area contributed by atoms with Crippen molar-refractivity contribution in [2.45, 2.75) is 6.42 Å². The van der Waals surface area contributed by atoms with Crippen molar-refractivity contribution in [2.24, 2.45) is 11.3 Å². The van der Waals surface area contributed by atoms with Gasteiger partial charge in [0.2, 0.25) is 0 Å². The lowest BCUT2D eigenvalue weighted by Gasteiger charge is -2.34. The van der Waals surface area contributed by atoms with E-state index < -0.39 is 11.4 Å². The number of hydrogen-bond acceptors (Lipinski definition) is 4. The molecule has 0 aliphatic carbocycles. The lowest BCUT2D eigenvalue weighted by molar-refractivity contribution is -0.157. The highest BCUT2D eigenvalue weighted by Crippen LogP contribution is 2.44. The van der Waals surface area contributed by atoms with Crippen LogP contribution in [-0.2, 0) is 9.53 Å². The number of para-hydroxylation sites is 1. The molecule has 2 saturated heterocycles. The zero-order chi connectivity index (χ0) is 15.2. The van der Waals surface area contributed by atoms with E-state index in [2.05, 4.69) is 9.88 Å². The molecule has 0 saturated carbocycles. The summed E-state index contributed by atoms with van der Waals surface area (Å²) >= 11 is 0. The van der Waals surface area contributed by atoms with Gasteiger partial charge in [0.1, 0.15) is 0 Å². The minimum Gasteiger partial charge on any atom is -0.481 e. The Balaban J connectivity index is 1.76. The second kappa shape index (κ2) is 4.95. The molecule has 2 aliphatic rings. The van der Waals surface area contributed by atoms with Gasteiger partial charge in [-0.05, 0) is 18.6 Å². The fraction of sp³-hybridized carbons (Fsp3) is 0.412. The van der Waals surface area contributed by atoms with Crippen LogP contribution in [0.5, 0.6) is 0 Å². The van der Waals surface area contributed by atoms with E-state index in [1.807, 2.05) is 30.3 Å². The fourth-order valence-electron chi connectivity index (χ4n) is 3.84. The second-order valence-electron chi connectivity index (χ2n) is 6.21. The smallest absolute Gasteiger partial charge is 0.311 e. The maximum Gasteiger partial charge on any atom is 0.311 e. The van der Waals surface area contributed by atoms with Crippen LogP contribution in [0.2, 0.25) is 0 Å². The highest BCUT2D eigenvalue weighted by Gasteiger charge is 2.54. The van der Waals surface area contributed by atoms with Crippen molar-refractivity contribution >= 4 is 22.6 Å². The van der Waals surface area contributed by atoms with Crippen LogP contribution in [0.15, 0.2) is 36.5 Å². The average Bonchev–Trinajstić information content (AvgIpc) is 2.95. The Bertz CT molecular complexity index is 727. The monoisotopic (exact) mass is 298 g/mol. The number of carbonyl (C=O) groups is 1. The van der Waals surface area contributed by atoms with Gasteiger partial charge in [-0.15, -0.1) is 0 Å². The van der Waals surface area contributed by atoms with Crippen molar-refractivity contribution in [3.05, 3.63) is 36.5 Å². The van der Waals surface area contributed by atoms with E-state index in [0.717, 1.165) is 23.1 Å². The second-order valence-corrected chi connectivity index (χ2v) is 6.21. The van der Waals surface area contributed by atoms with E-state index in [9.17, 15) is 9.90 Å². The van der Waals surface area contributed by atoms with E-state index in [1.165, 1.54) is 0 Å². The first-order chi connectivity index (χ1) is 10.7. The summed E-state index contributed by atoms with van der Waals surface area (Å²) in [4.78, 5) is 18.5. The van der Waals surface area contributed by atoms with Crippen LogP contribution in [0.1, 0.15) is 6.42 Å². The third-order valence-corrected chi connectivity index (χ3v) is 5.10. The molecule has 1 N–H and O–H groups in total. The molecule has 114 valence electrons. The molecule has 22 heavy (non-hydrogen) atoms. The molecule has 2 aliphatic heterocycles. The fourth-order valence-corrected chi connectivity index (χ4v) is 3.84. The summed E-state index contributed by atoms with van der Waals surface area (Å²) in [6.45, 7) is 2.34. The van der Waals surface area contributed by atoms with E-state index in [1.54, 1.807) is 6.20 Å². The molecule has 5 heteroatoms. The lowest BCUT2D eigenvalue weighted by atomic mass is 9.74. The molecule has 2 aromatic rings. The molecule has 2 fully saturated rings. The molecule has 1 aromatic carbocycles. The summed E-state index contributed by atoms with van der Waals surface area (Å²) in [7, 11) is 0. The molecule has 3 heterocycles. The number of benzene rings is 1. The topological polar surface area (TPSA) is 62.7 Å². The highest BCUT2D eigenvalue weighted by molar-refractivity contribution is 5.92. The Kier molecular flexibility index (Phi) is 3.04. The first kappa shape index (κ1) is 13.5. The zero-order valence-corrected chi connectivity index (χ0v) is 12.2. The molecule has 2 atom stereocenters. The number of carboxylic acid groups (broad SMARTS) is 1. The third kappa shape index (κ3) is 1.89. The Hall–Kier alpha value is -2.14. The molecule has 0 unspecified atom stereocenters. The molecular formula is C17H18N2O3. The van der Waals surface area contributed by atoms with Gasteiger partial charge in [-0.2, -0.15) is 0 Å². The molecule has 4 rings (SSSR count). The number of ether oxygens (including phenoxy) is 1. The third-order valence-electron chi connectivity index (χ3n) is 5.10. The van der Waals surface area contributed by atoms with Crippen LogP contribution in [0.4, 0.5) is 5.69 Å². The summed E-state index contributed by atoms with van der Waals surface area (Å²) in [6.07, 6.45) is 2.39. The van der Waals surface area contributed by atoms with Gasteiger partial charge in [0.05, 0.1) is 17.5 Å². The van der Waals surface area contributed by atoms with Gasteiger partial charge in [-0.1, -0.05) is 18.2 Å². The largest absolute Gasteiger partial charge is 0.481 e. The van der Waals surface area contributed by atoms with E-state index in [0.29, 0.717) is 26.2 Å². The predicted molar refractivity (Wildman–Crippen MR) is 83.0 cm³/mol. The first-order valence-electron chi connectivity index (χ1n) is 7.60. The Morgan fingerprint density at radius 1 is 1.36 bits per heavy atom. The number of carboxylic acids is 1. The first-order valence-corrected chi connectivity index (χ1v) is 7.60. The predicted octanol–water partition coefficient (Wildman–Crippen LogP) is 2.16. The van der Waals surface area contributed by atoms with Gasteiger partial charge >= 0.3 is 5.97 Å². The highest BCUT2D eigenvalue weighted by atomic mass is 16.5. The molecule has 0 bridgehead atoms. The number of anilines is 1. The van der Waals surface area contributed by atoms with Crippen molar-refractivity contribution in [1.29, 1.82) is 0 Å². The molecule has 0 amide bonds. The Labute approximate surface area is 128 Å². The standard InChI is InChI=1S/C17H18N2O3/c20-16(21)17-6-8-22-10-12(17)9-19(11-17)15-5-7-18-14-4-2-1-3-13(14)15/h1-5,7,12H,6,8-11H2,(H,20,21)/t12-,17+/m1/s1. The van der Waals surface area contributed by atoms with E-state index >= 15 is 0 Å². The number of fused-ring (bicyclic) bond motifs is 2. The molecule has 5 nitrogen and oxygen atoms in total. The van der Waals surface area contributed by atoms with Crippen LogP contribution < -0.4 is 4.90 Å². The number of aromatic nitrogens is 1. The number of pyridine rings is 1. The molecule has 1 aromatic heterocycles. The minimum atomic E-state index is -0.693. The van der Waals surface area contributed by atoms with Crippen molar-refractivity contribution in [1.82, 2.24) is 4.98 Å². The number of aliphatic carboxylic acids is 1. The van der Waals surface area contributed by atoms with E-state index in [-0.39, 0.29) is 5.92 Å². The van der Waals surface area contributed by atoms with Gasteiger partial charge in [-0.3, -0.25) is 9.78 Å². The van der Waals surface area contributed by atoms with Crippen LogP contribution in [0.25, 0.3) is 10.9 Å². The van der Waals surface area contributed by atoms with Gasteiger partial charge < -0.3 is 14.7 Å². The van der Waals surface area contributed by atoms with Crippen molar-refractivity contribution in [3.8, 4) is 0 Å². The lowest BCUT2D eigenvalue weighted by Crippen LogP contribution is -2.44. The summed E-state index contributed by atoms with van der Waals surface area (Å²) in [5.41, 5.74) is 1.33. The van der Waals surface area contributed by atoms with Crippen LogP contribution in [0.3, 0.4) is 0 Å². The number of nitrogens with zero attached hydrogens (tertiary/aromatic N) is 2. The van der Waals surface area contributed by atoms with Crippen LogP contribution in [0, 0.1) is 11.3 Å². The average molecular weight is 298 g/mol. The minimum absolute atomic E-state index is 0.0469. The zero-order valence-electron chi connectivity index (χ0n) is 12.2. The van der Waals surface area contributed by atoms with Gasteiger partial charge in [-0.25, -0.2) is 0 Å². The molecule has 0 radical (unpaired) electrons. The SMILES string of the molecule is O=C(O)[C@]12CCOC[C@H]1CN(c1ccnc3ccccc13)C2.